The first-order chi connectivity index (χ1) is 8.91. The SMILES string of the molecule is CCC1CCC(O)C(CN2CCS(=O)(=O)CC2C)C1. The molecule has 0 amide bonds. The highest BCUT2D eigenvalue weighted by atomic mass is 32.2. The van der Waals surface area contributed by atoms with Crippen molar-refractivity contribution in [3.05, 3.63) is 0 Å². The van der Waals surface area contributed by atoms with Crippen LogP contribution in [0.25, 0.3) is 0 Å². The van der Waals surface area contributed by atoms with E-state index >= 15 is 0 Å². The number of aliphatic hydroxyl groups is 1. The summed E-state index contributed by atoms with van der Waals surface area (Å²) in [6.45, 7) is 5.69. The zero-order chi connectivity index (χ0) is 14.0. The fraction of sp³-hybridized carbons (Fsp3) is 1.00. The predicted molar refractivity (Wildman–Crippen MR) is 76.8 cm³/mol. The zero-order valence-electron chi connectivity index (χ0n) is 12.1. The molecule has 0 aromatic carbocycles. The Kier molecular flexibility index (Phi) is 4.90. The Labute approximate surface area is 117 Å². The highest BCUT2D eigenvalue weighted by Crippen LogP contribution is 2.32. The highest BCUT2D eigenvalue weighted by molar-refractivity contribution is 7.91. The van der Waals surface area contributed by atoms with Crippen LogP contribution in [0.3, 0.4) is 0 Å². The van der Waals surface area contributed by atoms with E-state index < -0.39 is 9.84 Å². The number of hydrogen-bond acceptors (Lipinski definition) is 4. The monoisotopic (exact) mass is 289 g/mol. The van der Waals surface area contributed by atoms with Gasteiger partial charge in [0.15, 0.2) is 9.84 Å². The van der Waals surface area contributed by atoms with E-state index in [4.69, 9.17) is 0 Å². The van der Waals surface area contributed by atoms with Crippen molar-refractivity contribution in [2.45, 2.75) is 51.7 Å². The van der Waals surface area contributed by atoms with Gasteiger partial charge in [-0.2, -0.15) is 0 Å². The standard InChI is InChI=1S/C14H27NO3S/c1-3-12-4-5-14(16)13(8-12)9-15-6-7-19(17,18)10-11(15)2/h11-14,16H,3-10H2,1-2H3. The quantitative estimate of drug-likeness (QED) is 0.850. The zero-order valence-corrected chi connectivity index (χ0v) is 12.9. The summed E-state index contributed by atoms with van der Waals surface area (Å²) in [5.74, 6) is 1.60. The van der Waals surface area contributed by atoms with Crippen molar-refractivity contribution in [1.29, 1.82) is 0 Å². The summed E-state index contributed by atoms with van der Waals surface area (Å²) in [7, 11) is -2.84. The van der Waals surface area contributed by atoms with E-state index in [2.05, 4.69) is 11.8 Å². The van der Waals surface area contributed by atoms with Gasteiger partial charge in [-0.1, -0.05) is 13.3 Å². The molecule has 2 aliphatic rings. The van der Waals surface area contributed by atoms with E-state index in [0.29, 0.717) is 12.5 Å². The van der Waals surface area contributed by atoms with Crippen molar-refractivity contribution in [2.24, 2.45) is 11.8 Å². The van der Waals surface area contributed by atoms with Crippen molar-refractivity contribution < 1.29 is 13.5 Å². The van der Waals surface area contributed by atoms with Gasteiger partial charge in [-0.05, 0) is 38.0 Å². The third-order valence-corrected chi connectivity index (χ3v) is 6.70. The number of aliphatic hydroxyl groups excluding tert-OH is 1. The first-order valence-corrected chi connectivity index (χ1v) is 9.36. The predicted octanol–water partition coefficient (Wildman–Crippen LogP) is 1.29. The van der Waals surface area contributed by atoms with Crippen molar-refractivity contribution in [1.82, 2.24) is 4.90 Å². The molecule has 0 aromatic rings. The summed E-state index contributed by atoms with van der Waals surface area (Å²) in [6.07, 6.45) is 4.12. The van der Waals surface area contributed by atoms with Gasteiger partial charge in [0, 0.05) is 19.1 Å². The molecule has 1 saturated heterocycles. The summed E-state index contributed by atoms with van der Waals surface area (Å²) < 4.78 is 23.2. The summed E-state index contributed by atoms with van der Waals surface area (Å²) in [5, 5.41) is 10.2. The van der Waals surface area contributed by atoms with E-state index in [9.17, 15) is 13.5 Å². The molecule has 1 saturated carbocycles. The number of sulfone groups is 1. The lowest BCUT2D eigenvalue weighted by atomic mass is 9.78. The van der Waals surface area contributed by atoms with E-state index in [1.54, 1.807) is 0 Å². The highest BCUT2D eigenvalue weighted by Gasteiger charge is 2.34. The lowest BCUT2D eigenvalue weighted by Crippen LogP contribution is -2.50. The van der Waals surface area contributed by atoms with E-state index in [1.807, 2.05) is 6.92 Å². The number of hydrogen-bond donors (Lipinski definition) is 1. The van der Waals surface area contributed by atoms with E-state index in [1.165, 1.54) is 6.42 Å². The maximum Gasteiger partial charge on any atom is 0.153 e. The van der Waals surface area contributed by atoms with Crippen LogP contribution in [0, 0.1) is 11.8 Å². The second kappa shape index (κ2) is 6.10. The van der Waals surface area contributed by atoms with Crippen LogP contribution >= 0.6 is 0 Å². The van der Waals surface area contributed by atoms with Crippen LogP contribution in [0.1, 0.15) is 39.5 Å². The van der Waals surface area contributed by atoms with Crippen LogP contribution in [-0.4, -0.2) is 55.2 Å². The first kappa shape index (κ1) is 15.3. The fourth-order valence-corrected chi connectivity index (χ4v) is 5.14. The Balaban J connectivity index is 1.93. The second-order valence-electron chi connectivity index (χ2n) is 6.37. The largest absolute Gasteiger partial charge is 0.393 e. The summed E-state index contributed by atoms with van der Waals surface area (Å²) >= 11 is 0. The minimum Gasteiger partial charge on any atom is -0.393 e. The smallest absolute Gasteiger partial charge is 0.153 e. The molecule has 0 bridgehead atoms. The average molecular weight is 289 g/mol. The minimum absolute atomic E-state index is 0.0907. The maximum absolute atomic E-state index is 11.6. The Morgan fingerprint density at radius 3 is 2.68 bits per heavy atom. The van der Waals surface area contributed by atoms with Crippen molar-refractivity contribution in [2.75, 3.05) is 24.6 Å². The van der Waals surface area contributed by atoms with Crippen molar-refractivity contribution >= 4 is 9.84 Å². The van der Waals surface area contributed by atoms with Gasteiger partial charge in [-0.15, -0.1) is 0 Å². The molecule has 1 N–H and O–H groups in total. The van der Waals surface area contributed by atoms with E-state index in [-0.39, 0.29) is 23.7 Å². The van der Waals surface area contributed by atoms with Gasteiger partial charge < -0.3 is 5.11 Å². The molecule has 0 radical (unpaired) electrons. The van der Waals surface area contributed by atoms with Crippen LogP contribution in [0.2, 0.25) is 0 Å². The molecular weight excluding hydrogens is 262 g/mol. The minimum atomic E-state index is -2.84. The Morgan fingerprint density at radius 1 is 1.32 bits per heavy atom. The molecule has 2 fully saturated rings. The summed E-state index contributed by atoms with van der Waals surface area (Å²) in [4.78, 5) is 2.26. The van der Waals surface area contributed by atoms with Crippen LogP contribution < -0.4 is 0 Å². The molecule has 2 rings (SSSR count). The topological polar surface area (TPSA) is 57.6 Å². The molecule has 19 heavy (non-hydrogen) atoms. The number of rotatable bonds is 3. The van der Waals surface area contributed by atoms with Gasteiger partial charge in [0.05, 0.1) is 17.6 Å². The normalized spacial score (nSPS) is 40.2. The molecule has 112 valence electrons. The molecule has 1 aliphatic carbocycles. The molecule has 1 aliphatic heterocycles. The summed E-state index contributed by atoms with van der Waals surface area (Å²) in [6, 6.07) is 0.0907. The molecule has 1 heterocycles. The lowest BCUT2D eigenvalue weighted by Gasteiger charge is -2.40. The number of nitrogens with zero attached hydrogens (tertiary/aromatic N) is 1. The lowest BCUT2D eigenvalue weighted by molar-refractivity contribution is 0.0217. The molecular formula is C14H27NO3S. The second-order valence-corrected chi connectivity index (χ2v) is 8.60. The third kappa shape index (κ3) is 3.92. The van der Waals surface area contributed by atoms with Gasteiger partial charge in [-0.25, -0.2) is 8.42 Å². The Bertz CT molecular complexity index is 395. The van der Waals surface area contributed by atoms with Crippen molar-refractivity contribution in [3.63, 3.8) is 0 Å². The Morgan fingerprint density at radius 2 is 2.05 bits per heavy atom. The molecule has 4 atom stereocenters. The van der Waals surface area contributed by atoms with Gasteiger partial charge >= 0.3 is 0 Å². The van der Waals surface area contributed by atoms with Crippen LogP contribution in [0.5, 0.6) is 0 Å². The van der Waals surface area contributed by atoms with Crippen molar-refractivity contribution in [3.8, 4) is 0 Å². The van der Waals surface area contributed by atoms with Gasteiger partial charge in [0.1, 0.15) is 0 Å². The summed E-state index contributed by atoms with van der Waals surface area (Å²) in [5.41, 5.74) is 0. The molecule has 5 heteroatoms. The van der Waals surface area contributed by atoms with E-state index in [0.717, 1.165) is 31.7 Å². The first-order valence-electron chi connectivity index (χ1n) is 7.54. The van der Waals surface area contributed by atoms with Crippen LogP contribution in [-0.2, 0) is 9.84 Å². The average Bonchev–Trinajstić information content (AvgIpc) is 2.34. The molecule has 4 unspecified atom stereocenters. The Hall–Kier alpha value is -0.130. The third-order valence-electron chi connectivity index (χ3n) is 4.91. The van der Waals surface area contributed by atoms with Crippen LogP contribution in [0.15, 0.2) is 0 Å². The van der Waals surface area contributed by atoms with Gasteiger partial charge in [0.25, 0.3) is 0 Å². The molecule has 0 aromatic heterocycles. The fourth-order valence-electron chi connectivity index (χ4n) is 3.52. The molecule has 4 nitrogen and oxygen atoms in total. The van der Waals surface area contributed by atoms with Gasteiger partial charge in [-0.3, -0.25) is 4.90 Å². The maximum atomic E-state index is 11.6. The molecule has 0 spiro atoms. The van der Waals surface area contributed by atoms with Crippen LogP contribution in [0.4, 0.5) is 0 Å². The van der Waals surface area contributed by atoms with Gasteiger partial charge in [0.2, 0.25) is 0 Å².